The third kappa shape index (κ3) is 3.96. The minimum atomic E-state index is -1.10. The number of aryl methyl sites for hydroxylation is 1. The van der Waals surface area contributed by atoms with Gasteiger partial charge in [-0.3, -0.25) is 0 Å². The largest absolute Gasteiger partial charge is 0.462 e. The summed E-state index contributed by atoms with van der Waals surface area (Å²) in [6.45, 7) is 8.07. The van der Waals surface area contributed by atoms with Crippen LogP contribution in [0.15, 0.2) is 18.2 Å². The molecule has 0 bridgehead atoms. The van der Waals surface area contributed by atoms with Gasteiger partial charge < -0.3 is 4.74 Å². The summed E-state index contributed by atoms with van der Waals surface area (Å²) in [5.41, 5.74) is 2.90. The predicted octanol–water partition coefficient (Wildman–Crippen LogP) is 3.29. The molecule has 0 saturated heterocycles. The second-order valence-corrected chi connectivity index (χ2v) is 8.58. The summed E-state index contributed by atoms with van der Waals surface area (Å²) in [7, 11) is -1.10. The first kappa shape index (κ1) is 17.2. The summed E-state index contributed by atoms with van der Waals surface area (Å²) in [4.78, 5) is 11.8. The molecular weight excluding hydrogens is 298 g/mol. The molecule has 0 heterocycles. The van der Waals surface area contributed by atoms with E-state index >= 15 is 0 Å². The van der Waals surface area contributed by atoms with Crippen molar-refractivity contribution in [2.24, 2.45) is 0 Å². The highest BCUT2D eigenvalue weighted by atomic mass is 32.2. The van der Waals surface area contributed by atoms with Crippen LogP contribution in [0.4, 0.5) is 0 Å². The van der Waals surface area contributed by atoms with Gasteiger partial charge in [0.15, 0.2) is 0 Å². The van der Waals surface area contributed by atoms with Gasteiger partial charge in [0.1, 0.15) is 0 Å². The Morgan fingerprint density at radius 2 is 2.14 bits per heavy atom. The van der Waals surface area contributed by atoms with E-state index in [9.17, 15) is 9.00 Å². The lowest BCUT2D eigenvalue weighted by Gasteiger charge is -2.29. The highest BCUT2D eigenvalue weighted by molar-refractivity contribution is 7.84. The highest BCUT2D eigenvalue weighted by Crippen LogP contribution is 2.31. The second-order valence-electron chi connectivity index (χ2n) is 6.58. The number of fused-ring (bicyclic) bond motifs is 1. The molecule has 0 saturated carbocycles. The molecule has 2 rings (SSSR count). The number of ether oxygens (including phenoxy) is 1. The maximum atomic E-state index is 12.3. The van der Waals surface area contributed by atoms with Gasteiger partial charge in [0.2, 0.25) is 0 Å². The van der Waals surface area contributed by atoms with Gasteiger partial charge in [0.05, 0.1) is 27.9 Å². The van der Waals surface area contributed by atoms with Crippen LogP contribution in [0.1, 0.15) is 68.1 Å². The maximum Gasteiger partial charge on any atom is 0.338 e. The monoisotopic (exact) mass is 323 g/mol. The maximum absolute atomic E-state index is 12.3. The summed E-state index contributed by atoms with van der Waals surface area (Å²) in [5, 5.41) is 0. The van der Waals surface area contributed by atoms with Crippen LogP contribution in [-0.2, 0) is 22.1 Å². The molecule has 1 aliphatic rings. The Kier molecular flexibility index (Phi) is 5.40. The molecule has 1 aliphatic carbocycles. The fourth-order valence-corrected chi connectivity index (χ4v) is 3.44. The second kappa shape index (κ2) is 6.92. The van der Waals surface area contributed by atoms with Crippen molar-refractivity contribution in [1.82, 2.24) is 4.72 Å². The van der Waals surface area contributed by atoms with Crippen molar-refractivity contribution in [2.45, 2.75) is 57.7 Å². The molecule has 2 atom stereocenters. The minimum Gasteiger partial charge on any atom is -0.462 e. The van der Waals surface area contributed by atoms with Crippen molar-refractivity contribution in [1.29, 1.82) is 0 Å². The molecule has 1 aromatic carbocycles. The number of nitrogens with one attached hydrogen (secondary N) is 1. The number of carbonyl (C=O) groups excluding carboxylic acids is 1. The lowest BCUT2D eigenvalue weighted by atomic mass is 9.87. The topological polar surface area (TPSA) is 55.4 Å². The van der Waals surface area contributed by atoms with Gasteiger partial charge in [-0.25, -0.2) is 13.7 Å². The molecule has 4 nitrogen and oxygen atoms in total. The van der Waals surface area contributed by atoms with E-state index in [0.29, 0.717) is 12.2 Å². The van der Waals surface area contributed by atoms with Gasteiger partial charge in [0.25, 0.3) is 0 Å². The van der Waals surface area contributed by atoms with Crippen molar-refractivity contribution in [3.05, 3.63) is 34.9 Å². The van der Waals surface area contributed by atoms with Crippen LogP contribution < -0.4 is 4.72 Å². The van der Waals surface area contributed by atoms with E-state index in [1.807, 2.05) is 32.9 Å². The fraction of sp³-hybridized carbons (Fsp3) is 0.588. The van der Waals surface area contributed by atoms with Crippen molar-refractivity contribution in [2.75, 3.05) is 6.61 Å². The lowest BCUT2D eigenvalue weighted by molar-refractivity contribution is 0.0526. The first-order valence-corrected chi connectivity index (χ1v) is 8.96. The van der Waals surface area contributed by atoms with Crippen molar-refractivity contribution >= 4 is 17.0 Å². The van der Waals surface area contributed by atoms with E-state index in [4.69, 9.17) is 4.74 Å². The number of hydrogen-bond donors (Lipinski definition) is 1. The summed E-state index contributed by atoms with van der Waals surface area (Å²) >= 11 is 0. The zero-order valence-corrected chi connectivity index (χ0v) is 14.6. The van der Waals surface area contributed by atoms with E-state index in [1.54, 1.807) is 13.0 Å². The van der Waals surface area contributed by atoms with E-state index in [2.05, 4.69) is 4.72 Å². The van der Waals surface area contributed by atoms with Gasteiger partial charge in [-0.15, -0.1) is 0 Å². The number of benzene rings is 1. The summed E-state index contributed by atoms with van der Waals surface area (Å²) in [6.07, 6.45) is 2.94. The summed E-state index contributed by atoms with van der Waals surface area (Å²) in [5.74, 6) is -0.279. The Hall–Kier alpha value is -1.20. The standard InChI is InChI=1S/C17H25NO3S/c1-5-21-16(19)13-9-10-14-12(11-13)7-6-8-15(14)18-22(20)17(2,3)4/h9-11,15,18H,5-8H2,1-4H3. The molecule has 1 aromatic rings. The fourth-order valence-electron chi connectivity index (χ4n) is 2.58. The molecule has 1 N–H and O–H groups in total. The van der Waals surface area contributed by atoms with Crippen LogP contribution in [-0.4, -0.2) is 21.5 Å². The molecule has 0 aromatic heterocycles. The zero-order chi connectivity index (χ0) is 16.3. The van der Waals surface area contributed by atoms with Crippen molar-refractivity contribution in [3.8, 4) is 0 Å². The molecule has 22 heavy (non-hydrogen) atoms. The van der Waals surface area contributed by atoms with Crippen LogP contribution in [0.5, 0.6) is 0 Å². The molecule has 0 aliphatic heterocycles. The van der Waals surface area contributed by atoms with Crippen LogP contribution in [0, 0.1) is 0 Å². The van der Waals surface area contributed by atoms with Gasteiger partial charge in [-0.2, -0.15) is 0 Å². The Morgan fingerprint density at radius 3 is 2.77 bits per heavy atom. The quantitative estimate of drug-likeness (QED) is 0.865. The molecule has 0 fully saturated rings. The van der Waals surface area contributed by atoms with E-state index < -0.39 is 11.0 Å². The zero-order valence-electron chi connectivity index (χ0n) is 13.8. The van der Waals surface area contributed by atoms with Crippen LogP contribution in [0.3, 0.4) is 0 Å². The predicted molar refractivity (Wildman–Crippen MR) is 89.1 cm³/mol. The molecule has 0 amide bonds. The number of rotatable bonds is 4. The Morgan fingerprint density at radius 1 is 1.41 bits per heavy atom. The van der Waals surface area contributed by atoms with E-state index in [1.165, 1.54) is 0 Å². The Bertz CT molecular complexity index is 578. The number of carbonyl (C=O) groups is 1. The molecule has 0 spiro atoms. The summed E-state index contributed by atoms with van der Waals surface area (Å²) < 4.78 is 20.3. The van der Waals surface area contributed by atoms with Crippen molar-refractivity contribution in [3.63, 3.8) is 0 Å². The van der Waals surface area contributed by atoms with Crippen LogP contribution in [0.25, 0.3) is 0 Å². The van der Waals surface area contributed by atoms with Gasteiger partial charge in [-0.1, -0.05) is 6.07 Å². The van der Waals surface area contributed by atoms with Gasteiger partial charge in [0, 0.05) is 6.04 Å². The number of hydrogen-bond acceptors (Lipinski definition) is 3. The Balaban J connectivity index is 2.21. The normalized spacial score (nSPS) is 19.4. The molecule has 122 valence electrons. The third-order valence-corrected chi connectivity index (χ3v) is 5.38. The molecule has 2 unspecified atom stereocenters. The first-order valence-electron chi connectivity index (χ1n) is 7.81. The highest BCUT2D eigenvalue weighted by Gasteiger charge is 2.27. The van der Waals surface area contributed by atoms with Crippen LogP contribution in [0.2, 0.25) is 0 Å². The van der Waals surface area contributed by atoms with Gasteiger partial charge in [-0.05, 0) is 70.2 Å². The third-order valence-electron chi connectivity index (χ3n) is 3.77. The molecule has 0 radical (unpaired) electrons. The van der Waals surface area contributed by atoms with Gasteiger partial charge >= 0.3 is 5.97 Å². The smallest absolute Gasteiger partial charge is 0.338 e. The SMILES string of the molecule is CCOC(=O)c1ccc2c(c1)CCCC2NS(=O)C(C)(C)C. The number of esters is 1. The minimum absolute atomic E-state index is 0.0834. The average Bonchev–Trinajstić information content (AvgIpc) is 2.46. The lowest BCUT2D eigenvalue weighted by Crippen LogP contribution is -2.37. The van der Waals surface area contributed by atoms with E-state index in [0.717, 1.165) is 30.4 Å². The van der Waals surface area contributed by atoms with Crippen LogP contribution >= 0.6 is 0 Å². The van der Waals surface area contributed by atoms with E-state index in [-0.39, 0.29) is 16.8 Å². The molecule has 5 heteroatoms. The Labute approximate surface area is 135 Å². The molecular formula is C17H25NO3S. The summed E-state index contributed by atoms with van der Waals surface area (Å²) in [6, 6.07) is 5.77. The van der Waals surface area contributed by atoms with Crippen molar-refractivity contribution < 1.29 is 13.7 Å². The first-order chi connectivity index (χ1) is 10.3. The average molecular weight is 323 g/mol.